The molecular weight excluding hydrogens is 582 g/mol. The van der Waals surface area contributed by atoms with Gasteiger partial charge in [-0.3, -0.25) is 10.0 Å². The molecule has 0 unspecified atom stereocenters. The summed E-state index contributed by atoms with van der Waals surface area (Å²) in [5.41, 5.74) is 7.55. The molecule has 1 fully saturated rings. The Morgan fingerprint density at radius 2 is 1.83 bits per heavy atom. The maximum absolute atomic E-state index is 11.2. The Hall–Kier alpha value is -5.75. The average Bonchev–Trinajstić information content (AvgIpc) is 3.09. The van der Waals surface area contributed by atoms with E-state index in [1.807, 2.05) is 37.3 Å². The number of amides is 1. The maximum atomic E-state index is 11.2. The van der Waals surface area contributed by atoms with E-state index >= 15 is 0 Å². The number of nitrogens with one attached hydrogen (secondary N) is 2. The Labute approximate surface area is 267 Å². The fourth-order valence-corrected chi connectivity index (χ4v) is 5.57. The highest BCUT2D eigenvalue weighted by Gasteiger charge is 2.26. The van der Waals surface area contributed by atoms with E-state index in [2.05, 4.69) is 27.3 Å². The van der Waals surface area contributed by atoms with Crippen LogP contribution in [0.5, 0.6) is 11.5 Å². The van der Waals surface area contributed by atoms with Crippen LogP contribution in [-0.2, 0) is 11.3 Å². The Balaban J connectivity index is 1.36. The van der Waals surface area contributed by atoms with Crippen molar-refractivity contribution in [1.29, 1.82) is 10.5 Å². The van der Waals surface area contributed by atoms with Crippen LogP contribution in [0.4, 0.5) is 5.82 Å². The smallest absolute Gasteiger partial charge is 0.267 e. The first-order valence-electron chi connectivity index (χ1n) is 14.7. The van der Waals surface area contributed by atoms with E-state index in [-0.39, 0.29) is 11.8 Å². The number of nitrogens with zero attached hydrogens (tertiary/aromatic N) is 5. The number of aromatic hydroxyl groups is 1. The molecule has 2 aromatic carbocycles. The fraction of sp³-hybridized carbons (Fsp3) is 0.229. The third kappa shape index (κ3) is 6.97. The lowest BCUT2D eigenvalue weighted by molar-refractivity contribution is -0.124. The zero-order valence-electron chi connectivity index (χ0n) is 25.5. The number of hydrogen-bond acceptors (Lipinski definition) is 10. The number of hydrogen-bond donors (Lipinski definition) is 4. The molecule has 1 aliphatic rings. The Bertz CT molecular complexity index is 1850. The summed E-state index contributed by atoms with van der Waals surface area (Å²) in [6.45, 7) is 3.89. The van der Waals surface area contributed by atoms with E-state index in [9.17, 15) is 20.4 Å². The van der Waals surface area contributed by atoms with Crippen LogP contribution >= 0.6 is 0 Å². The van der Waals surface area contributed by atoms with Gasteiger partial charge in [-0.15, -0.1) is 0 Å². The first-order valence-corrected chi connectivity index (χ1v) is 14.7. The molecule has 11 heteroatoms. The van der Waals surface area contributed by atoms with Crippen LogP contribution in [0.1, 0.15) is 40.8 Å². The SMILES string of the molecule is COc1ccc(-c2cnc(N3CCC(NCc4ccc(/C=C/C(=O)NO)cc4)CC3)c(C#N)c2-c2cnc(C#N)c(C)c2)cc1O. The van der Waals surface area contributed by atoms with E-state index in [0.717, 1.165) is 24.0 Å². The lowest BCUT2D eigenvalue weighted by Crippen LogP contribution is -2.42. The van der Waals surface area contributed by atoms with Crippen molar-refractivity contribution in [1.82, 2.24) is 20.8 Å². The van der Waals surface area contributed by atoms with Gasteiger partial charge in [0.25, 0.3) is 5.91 Å². The number of carbonyl (C=O) groups is 1. The second kappa shape index (κ2) is 14.4. The molecule has 0 atom stereocenters. The minimum Gasteiger partial charge on any atom is -0.504 e. The van der Waals surface area contributed by atoms with Gasteiger partial charge in [-0.1, -0.05) is 30.3 Å². The zero-order valence-corrected chi connectivity index (χ0v) is 25.5. The Morgan fingerprint density at radius 3 is 2.46 bits per heavy atom. The molecule has 0 aliphatic carbocycles. The van der Waals surface area contributed by atoms with Crippen LogP contribution < -0.4 is 20.4 Å². The number of phenols is 1. The van der Waals surface area contributed by atoms with Crippen LogP contribution in [-0.4, -0.2) is 52.4 Å². The fourth-order valence-electron chi connectivity index (χ4n) is 5.57. The normalized spacial score (nSPS) is 13.3. The Morgan fingerprint density at radius 1 is 1.07 bits per heavy atom. The Kier molecular flexibility index (Phi) is 9.88. The highest BCUT2D eigenvalue weighted by atomic mass is 16.5. The van der Waals surface area contributed by atoms with Crippen LogP contribution in [0.3, 0.4) is 0 Å². The predicted octanol–water partition coefficient (Wildman–Crippen LogP) is 4.85. The van der Waals surface area contributed by atoms with Gasteiger partial charge in [0.1, 0.15) is 29.2 Å². The average molecular weight is 616 g/mol. The molecule has 2 aromatic heterocycles. The van der Waals surface area contributed by atoms with Gasteiger partial charge in [0.05, 0.1) is 7.11 Å². The van der Waals surface area contributed by atoms with Gasteiger partial charge in [0, 0.05) is 60.8 Å². The molecule has 4 aromatic rings. The second-order valence-corrected chi connectivity index (χ2v) is 10.9. The second-order valence-electron chi connectivity index (χ2n) is 10.9. The van der Waals surface area contributed by atoms with Crippen molar-refractivity contribution in [2.24, 2.45) is 0 Å². The summed E-state index contributed by atoms with van der Waals surface area (Å²) < 4.78 is 5.22. The van der Waals surface area contributed by atoms with Crippen LogP contribution in [0.2, 0.25) is 0 Å². The monoisotopic (exact) mass is 615 g/mol. The summed E-state index contributed by atoms with van der Waals surface area (Å²) in [5.74, 6) is 0.303. The zero-order chi connectivity index (χ0) is 32.6. The van der Waals surface area contributed by atoms with Crippen molar-refractivity contribution in [2.45, 2.75) is 32.4 Å². The number of pyridine rings is 2. The summed E-state index contributed by atoms with van der Waals surface area (Å²) in [6.07, 6.45) is 7.91. The topological polar surface area (TPSA) is 167 Å². The molecule has 0 radical (unpaired) electrons. The van der Waals surface area contributed by atoms with E-state index < -0.39 is 5.91 Å². The van der Waals surface area contributed by atoms with Gasteiger partial charge >= 0.3 is 0 Å². The van der Waals surface area contributed by atoms with E-state index in [1.165, 1.54) is 13.2 Å². The van der Waals surface area contributed by atoms with Crippen molar-refractivity contribution >= 4 is 17.8 Å². The number of ether oxygens (including phenoxy) is 1. The van der Waals surface area contributed by atoms with Crippen LogP contribution in [0, 0.1) is 29.6 Å². The first-order chi connectivity index (χ1) is 22.3. The molecule has 1 aliphatic heterocycles. The number of piperidine rings is 1. The lowest BCUT2D eigenvalue weighted by Gasteiger charge is -2.34. The van der Waals surface area contributed by atoms with Gasteiger partial charge < -0.3 is 20.1 Å². The van der Waals surface area contributed by atoms with Gasteiger partial charge in [-0.05, 0) is 66.3 Å². The molecular formula is C35H33N7O4. The van der Waals surface area contributed by atoms with E-state index in [4.69, 9.17) is 14.9 Å². The van der Waals surface area contributed by atoms with Gasteiger partial charge in [0.15, 0.2) is 11.5 Å². The molecule has 0 bridgehead atoms. The highest BCUT2D eigenvalue weighted by molar-refractivity contribution is 5.91. The van der Waals surface area contributed by atoms with Gasteiger partial charge in [-0.2, -0.15) is 10.5 Å². The van der Waals surface area contributed by atoms with E-state index in [1.54, 1.807) is 42.1 Å². The van der Waals surface area contributed by atoms with Crippen LogP contribution in [0.15, 0.2) is 67.0 Å². The number of methoxy groups -OCH3 is 1. The lowest BCUT2D eigenvalue weighted by atomic mass is 9.91. The van der Waals surface area contributed by atoms with Crippen molar-refractivity contribution in [3.63, 3.8) is 0 Å². The molecule has 3 heterocycles. The van der Waals surface area contributed by atoms with Crippen molar-refractivity contribution < 1.29 is 19.8 Å². The molecule has 1 amide bonds. The summed E-state index contributed by atoms with van der Waals surface area (Å²) >= 11 is 0. The molecule has 0 saturated carbocycles. The minimum absolute atomic E-state index is 0.0305. The largest absolute Gasteiger partial charge is 0.504 e. The molecule has 4 N–H and O–H groups in total. The standard InChI is InChI=1S/C35H33N7O4/c1-22-15-26(20-39-30(22)18-37)34-28(17-36)35(40-21-29(34)25-8-9-32(46-2)31(43)16-25)42-13-11-27(12-14-42)38-19-24-5-3-23(4-6-24)7-10-33(44)41-45/h3-10,15-16,20-21,27,38,43,45H,11-14,19H2,1-2H3,(H,41,44)/b10-7+. The van der Waals surface area contributed by atoms with Gasteiger partial charge in [0.2, 0.25) is 0 Å². The third-order valence-electron chi connectivity index (χ3n) is 8.04. The molecule has 46 heavy (non-hydrogen) atoms. The molecule has 0 spiro atoms. The molecule has 1 saturated heterocycles. The molecule has 5 rings (SSSR count). The predicted molar refractivity (Wildman–Crippen MR) is 173 cm³/mol. The summed E-state index contributed by atoms with van der Waals surface area (Å²) in [7, 11) is 1.48. The number of rotatable bonds is 9. The van der Waals surface area contributed by atoms with Crippen molar-refractivity contribution in [3.05, 3.63) is 94.9 Å². The number of anilines is 1. The van der Waals surface area contributed by atoms with E-state index in [0.29, 0.717) is 70.3 Å². The van der Waals surface area contributed by atoms with Crippen molar-refractivity contribution in [3.8, 4) is 45.9 Å². The number of benzene rings is 2. The quantitative estimate of drug-likeness (QED) is 0.116. The molecule has 11 nitrogen and oxygen atoms in total. The number of aryl methyl sites for hydroxylation is 1. The molecule has 232 valence electrons. The van der Waals surface area contributed by atoms with Crippen molar-refractivity contribution in [2.75, 3.05) is 25.1 Å². The van der Waals surface area contributed by atoms with Crippen LogP contribution in [0.25, 0.3) is 28.3 Å². The number of phenolic OH excluding ortho intramolecular Hbond substituents is 1. The first kappa shape index (κ1) is 31.7. The summed E-state index contributed by atoms with van der Waals surface area (Å²) in [5, 5.41) is 42.7. The summed E-state index contributed by atoms with van der Waals surface area (Å²) in [6, 6.07) is 19.5. The number of aromatic nitrogens is 2. The number of nitriles is 2. The number of carbonyl (C=O) groups excluding carboxylic acids is 1. The maximum Gasteiger partial charge on any atom is 0.267 e. The van der Waals surface area contributed by atoms with Gasteiger partial charge in [-0.25, -0.2) is 15.4 Å². The minimum atomic E-state index is -0.583. The third-order valence-corrected chi connectivity index (χ3v) is 8.04. The summed E-state index contributed by atoms with van der Waals surface area (Å²) in [4.78, 5) is 22.4. The highest BCUT2D eigenvalue weighted by Crippen LogP contribution is 2.41. The number of hydroxylamine groups is 1.